The largest absolute Gasteiger partial charge is 0.484 e. The molecule has 1 aliphatic rings. The van der Waals surface area contributed by atoms with E-state index < -0.39 is 12.8 Å². The zero-order valence-electron chi connectivity index (χ0n) is 14.3. The second kappa shape index (κ2) is 8.53. The van der Waals surface area contributed by atoms with Gasteiger partial charge in [-0.05, 0) is 31.5 Å². The molecular formula is C17H23F3N2O3. The van der Waals surface area contributed by atoms with Crippen molar-refractivity contribution < 1.29 is 27.4 Å². The Morgan fingerprint density at radius 2 is 2.00 bits per heavy atom. The van der Waals surface area contributed by atoms with E-state index in [0.29, 0.717) is 18.7 Å². The summed E-state index contributed by atoms with van der Waals surface area (Å²) in [5, 5.41) is 2.78. The van der Waals surface area contributed by atoms with Gasteiger partial charge >= 0.3 is 6.18 Å². The van der Waals surface area contributed by atoms with Gasteiger partial charge in [0.15, 0.2) is 6.61 Å². The van der Waals surface area contributed by atoms with Crippen LogP contribution in [0.25, 0.3) is 0 Å². The molecule has 1 saturated heterocycles. The molecule has 1 aromatic rings. The van der Waals surface area contributed by atoms with E-state index in [-0.39, 0.29) is 37.0 Å². The lowest BCUT2D eigenvalue weighted by Gasteiger charge is -2.34. The number of hydrogen-bond acceptors (Lipinski definition) is 4. The van der Waals surface area contributed by atoms with Gasteiger partial charge in [-0.25, -0.2) is 0 Å². The maximum Gasteiger partial charge on any atom is 0.422 e. The fourth-order valence-corrected chi connectivity index (χ4v) is 2.78. The molecule has 140 valence electrons. The number of hydrogen-bond donors (Lipinski definition) is 1. The second-order valence-electron chi connectivity index (χ2n) is 6.28. The number of amides is 1. The molecule has 1 amide bonds. The number of carbonyl (C=O) groups excluding carboxylic acids is 1. The molecule has 1 N–H and O–H groups in total. The first kappa shape index (κ1) is 19.5. The Bertz CT molecular complexity index is 571. The van der Waals surface area contributed by atoms with E-state index >= 15 is 0 Å². The van der Waals surface area contributed by atoms with Crippen molar-refractivity contribution in [3.63, 3.8) is 0 Å². The number of nitrogens with zero attached hydrogens (tertiary/aromatic N) is 1. The highest BCUT2D eigenvalue weighted by atomic mass is 19.4. The molecule has 2 unspecified atom stereocenters. The molecule has 1 fully saturated rings. The van der Waals surface area contributed by atoms with Crippen LogP contribution in [-0.4, -0.2) is 55.4 Å². The highest BCUT2D eigenvalue weighted by molar-refractivity contribution is 5.78. The van der Waals surface area contributed by atoms with Crippen molar-refractivity contribution in [3.8, 4) is 5.75 Å². The van der Waals surface area contributed by atoms with Crippen molar-refractivity contribution in [1.82, 2.24) is 10.2 Å². The molecule has 8 heteroatoms. The van der Waals surface area contributed by atoms with E-state index in [4.69, 9.17) is 9.47 Å². The quantitative estimate of drug-likeness (QED) is 0.846. The van der Waals surface area contributed by atoms with Crippen LogP contribution in [0.4, 0.5) is 13.2 Å². The number of benzene rings is 1. The van der Waals surface area contributed by atoms with Crippen molar-refractivity contribution >= 4 is 5.91 Å². The van der Waals surface area contributed by atoms with Crippen molar-refractivity contribution in [2.75, 3.05) is 26.2 Å². The summed E-state index contributed by atoms with van der Waals surface area (Å²) in [6.45, 7) is 4.48. The van der Waals surface area contributed by atoms with Crippen LogP contribution < -0.4 is 10.1 Å². The fourth-order valence-electron chi connectivity index (χ4n) is 2.78. The summed E-state index contributed by atoms with van der Waals surface area (Å²) in [4.78, 5) is 14.1. The van der Waals surface area contributed by atoms with Crippen LogP contribution in [0.3, 0.4) is 0 Å². The fraction of sp³-hybridized carbons (Fsp3) is 0.588. The Balaban J connectivity index is 1.79. The number of alkyl halides is 3. The van der Waals surface area contributed by atoms with E-state index in [2.05, 4.69) is 5.32 Å². The van der Waals surface area contributed by atoms with Crippen molar-refractivity contribution in [2.45, 2.75) is 38.8 Å². The molecule has 1 aromatic carbocycles. The molecule has 0 aromatic heterocycles. The Morgan fingerprint density at radius 1 is 1.32 bits per heavy atom. The average molecular weight is 360 g/mol. The van der Waals surface area contributed by atoms with E-state index in [0.717, 1.165) is 0 Å². The average Bonchev–Trinajstić information content (AvgIpc) is 2.50. The minimum Gasteiger partial charge on any atom is -0.484 e. The third kappa shape index (κ3) is 7.31. The van der Waals surface area contributed by atoms with Gasteiger partial charge in [0.2, 0.25) is 5.91 Å². The molecule has 2 rings (SSSR count). The van der Waals surface area contributed by atoms with E-state index in [1.54, 1.807) is 12.1 Å². The Kier molecular flexibility index (Phi) is 6.66. The summed E-state index contributed by atoms with van der Waals surface area (Å²) in [6.07, 6.45) is -4.21. The first-order valence-corrected chi connectivity index (χ1v) is 8.14. The maximum absolute atomic E-state index is 12.2. The number of carbonyl (C=O) groups is 1. The van der Waals surface area contributed by atoms with Gasteiger partial charge in [-0.3, -0.25) is 9.69 Å². The molecule has 0 aliphatic carbocycles. The van der Waals surface area contributed by atoms with Crippen LogP contribution in [0.15, 0.2) is 24.3 Å². The first-order chi connectivity index (χ1) is 11.7. The van der Waals surface area contributed by atoms with Crippen LogP contribution in [0.1, 0.15) is 19.4 Å². The lowest BCUT2D eigenvalue weighted by Crippen LogP contribution is -2.49. The molecule has 2 atom stereocenters. The summed E-state index contributed by atoms with van der Waals surface area (Å²) in [5.74, 6) is -0.0113. The molecule has 0 saturated carbocycles. The van der Waals surface area contributed by atoms with Gasteiger partial charge in [0.1, 0.15) is 5.75 Å². The third-order valence-electron chi connectivity index (χ3n) is 3.65. The topological polar surface area (TPSA) is 50.8 Å². The maximum atomic E-state index is 12.2. The van der Waals surface area contributed by atoms with Gasteiger partial charge in [-0.1, -0.05) is 12.1 Å². The van der Waals surface area contributed by atoms with Crippen LogP contribution in [0.5, 0.6) is 5.75 Å². The zero-order valence-corrected chi connectivity index (χ0v) is 14.3. The molecule has 25 heavy (non-hydrogen) atoms. The predicted octanol–water partition coefficient (Wildman–Crippen LogP) is 2.35. The minimum absolute atomic E-state index is 0.0824. The molecular weight excluding hydrogens is 337 g/mol. The summed E-state index contributed by atoms with van der Waals surface area (Å²) >= 11 is 0. The van der Waals surface area contributed by atoms with Crippen molar-refractivity contribution in [1.29, 1.82) is 0 Å². The number of nitrogens with one attached hydrogen (secondary N) is 1. The number of halogens is 3. The van der Waals surface area contributed by atoms with Gasteiger partial charge in [0.05, 0.1) is 18.8 Å². The minimum atomic E-state index is -4.38. The van der Waals surface area contributed by atoms with Gasteiger partial charge in [0.25, 0.3) is 0 Å². The number of rotatable bonds is 6. The van der Waals surface area contributed by atoms with Crippen LogP contribution >= 0.6 is 0 Å². The van der Waals surface area contributed by atoms with Gasteiger partial charge in [-0.15, -0.1) is 0 Å². The lowest BCUT2D eigenvalue weighted by atomic mass is 10.2. The number of morpholine rings is 1. The van der Waals surface area contributed by atoms with E-state index in [1.165, 1.54) is 12.1 Å². The summed E-state index contributed by atoms with van der Waals surface area (Å²) in [5.41, 5.74) is 0.678. The van der Waals surface area contributed by atoms with Gasteiger partial charge in [0, 0.05) is 19.6 Å². The van der Waals surface area contributed by atoms with Gasteiger partial charge in [-0.2, -0.15) is 13.2 Å². The second-order valence-corrected chi connectivity index (χ2v) is 6.28. The first-order valence-electron chi connectivity index (χ1n) is 8.14. The number of ether oxygens (including phenoxy) is 2. The molecule has 0 radical (unpaired) electrons. The summed E-state index contributed by atoms with van der Waals surface area (Å²) in [6, 6.07) is 6.26. The normalized spacial score (nSPS) is 21.8. The Labute approximate surface area is 145 Å². The molecule has 1 aliphatic heterocycles. The predicted molar refractivity (Wildman–Crippen MR) is 86.3 cm³/mol. The smallest absolute Gasteiger partial charge is 0.422 e. The van der Waals surface area contributed by atoms with Crippen molar-refractivity contribution in [2.24, 2.45) is 0 Å². The monoisotopic (exact) mass is 360 g/mol. The zero-order chi connectivity index (χ0) is 18.4. The van der Waals surface area contributed by atoms with Crippen molar-refractivity contribution in [3.05, 3.63) is 29.8 Å². The third-order valence-corrected chi connectivity index (χ3v) is 3.65. The van der Waals surface area contributed by atoms with Crippen LogP contribution in [0.2, 0.25) is 0 Å². The lowest BCUT2D eigenvalue weighted by molar-refractivity contribution is -0.153. The molecule has 1 heterocycles. The summed E-state index contributed by atoms with van der Waals surface area (Å²) < 4.78 is 46.9. The molecule has 5 nitrogen and oxygen atoms in total. The van der Waals surface area contributed by atoms with E-state index in [1.807, 2.05) is 18.7 Å². The highest BCUT2D eigenvalue weighted by Crippen LogP contribution is 2.19. The Morgan fingerprint density at radius 3 is 2.64 bits per heavy atom. The SMILES string of the molecule is CC1CN(CC(=O)NCc2cccc(OCC(F)(F)F)c2)CC(C)O1. The van der Waals surface area contributed by atoms with Crippen LogP contribution in [0, 0.1) is 0 Å². The van der Waals surface area contributed by atoms with Gasteiger partial charge < -0.3 is 14.8 Å². The standard InChI is InChI=1S/C17H23F3N2O3/c1-12-8-22(9-13(2)25-12)10-16(23)21-7-14-4-3-5-15(6-14)24-11-17(18,19)20/h3-6,12-13H,7-11H2,1-2H3,(H,21,23). The Hall–Kier alpha value is -1.80. The summed E-state index contributed by atoms with van der Waals surface area (Å²) in [7, 11) is 0. The molecule has 0 bridgehead atoms. The van der Waals surface area contributed by atoms with E-state index in [9.17, 15) is 18.0 Å². The van der Waals surface area contributed by atoms with Crippen LogP contribution in [-0.2, 0) is 16.1 Å². The molecule has 0 spiro atoms. The highest BCUT2D eigenvalue weighted by Gasteiger charge is 2.28.